The van der Waals surface area contributed by atoms with E-state index in [2.05, 4.69) is 5.32 Å². The first-order chi connectivity index (χ1) is 18.2. The normalized spacial score (nSPS) is 11.9. The number of sulfonamides is 1. The van der Waals surface area contributed by atoms with E-state index in [1.807, 2.05) is 6.92 Å². The molecule has 38 heavy (non-hydrogen) atoms. The monoisotopic (exact) mass is 541 g/mol. The van der Waals surface area contributed by atoms with Crippen molar-refractivity contribution >= 4 is 27.5 Å². The summed E-state index contributed by atoms with van der Waals surface area (Å²) in [6.45, 7) is 3.20. The molecule has 0 saturated heterocycles. The number of rotatable bonds is 12. The summed E-state index contributed by atoms with van der Waals surface area (Å²) in [4.78, 5) is 27.8. The lowest BCUT2D eigenvalue weighted by atomic mass is 10.1. The van der Waals surface area contributed by atoms with Gasteiger partial charge in [-0.3, -0.25) is 13.9 Å². The van der Waals surface area contributed by atoms with Crippen molar-refractivity contribution in [3.05, 3.63) is 90.2 Å². The first-order valence-corrected chi connectivity index (χ1v) is 13.7. The fraction of sp³-hybridized carbons (Fsp3) is 0.286. The van der Waals surface area contributed by atoms with Gasteiger partial charge in [0.1, 0.15) is 24.2 Å². The predicted octanol–water partition coefficient (Wildman–Crippen LogP) is 3.97. The highest BCUT2D eigenvalue weighted by molar-refractivity contribution is 7.92. The topological polar surface area (TPSA) is 96.0 Å². The van der Waals surface area contributed by atoms with Gasteiger partial charge in [0.15, 0.2) is 0 Å². The Bertz CT molecular complexity index is 1350. The second-order valence-electron chi connectivity index (χ2n) is 8.62. The van der Waals surface area contributed by atoms with E-state index < -0.39 is 34.3 Å². The van der Waals surface area contributed by atoms with Gasteiger partial charge in [0.2, 0.25) is 11.8 Å². The quantitative estimate of drug-likeness (QED) is 0.374. The van der Waals surface area contributed by atoms with Crippen LogP contribution in [0.2, 0.25) is 0 Å². The minimum absolute atomic E-state index is 0.00718. The molecule has 0 aliphatic carbocycles. The van der Waals surface area contributed by atoms with Crippen LogP contribution in [0.4, 0.5) is 10.1 Å². The maximum atomic E-state index is 14.9. The van der Waals surface area contributed by atoms with Crippen LogP contribution in [0, 0.1) is 5.82 Å². The molecule has 0 heterocycles. The molecule has 0 aliphatic heterocycles. The number of halogens is 1. The molecule has 202 valence electrons. The van der Waals surface area contributed by atoms with Gasteiger partial charge in [0.25, 0.3) is 10.0 Å². The SMILES string of the molecule is CCCNC(=O)[C@H](C)N(Cc1cccc(OC)c1)C(=O)CN(c1ccccc1F)S(=O)(=O)c1ccccc1. The van der Waals surface area contributed by atoms with E-state index in [-0.39, 0.29) is 23.0 Å². The third kappa shape index (κ3) is 6.89. The van der Waals surface area contributed by atoms with Gasteiger partial charge in [-0.05, 0) is 55.3 Å². The number of nitrogens with one attached hydrogen (secondary N) is 1. The van der Waals surface area contributed by atoms with Gasteiger partial charge in [-0.2, -0.15) is 0 Å². The van der Waals surface area contributed by atoms with E-state index in [9.17, 15) is 22.4 Å². The van der Waals surface area contributed by atoms with Gasteiger partial charge in [0.05, 0.1) is 17.7 Å². The molecular formula is C28H32FN3O5S. The summed E-state index contributed by atoms with van der Waals surface area (Å²) in [6, 6.07) is 18.9. The minimum Gasteiger partial charge on any atom is -0.497 e. The van der Waals surface area contributed by atoms with Gasteiger partial charge in [-0.1, -0.05) is 49.4 Å². The maximum Gasteiger partial charge on any atom is 0.264 e. The molecule has 10 heteroatoms. The molecule has 3 rings (SSSR count). The number of amides is 2. The molecule has 0 radical (unpaired) electrons. The zero-order valence-corrected chi connectivity index (χ0v) is 22.4. The zero-order valence-electron chi connectivity index (χ0n) is 21.6. The zero-order chi connectivity index (χ0) is 27.7. The first kappa shape index (κ1) is 28.6. The van der Waals surface area contributed by atoms with Crippen molar-refractivity contribution in [3.63, 3.8) is 0 Å². The average Bonchev–Trinajstić information content (AvgIpc) is 2.93. The van der Waals surface area contributed by atoms with Crippen LogP contribution in [0.15, 0.2) is 83.8 Å². The molecule has 1 atom stereocenters. The number of hydrogen-bond donors (Lipinski definition) is 1. The van der Waals surface area contributed by atoms with Crippen molar-refractivity contribution in [1.29, 1.82) is 0 Å². The lowest BCUT2D eigenvalue weighted by molar-refractivity contribution is -0.139. The van der Waals surface area contributed by atoms with E-state index in [1.165, 1.54) is 42.3 Å². The van der Waals surface area contributed by atoms with Gasteiger partial charge in [-0.15, -0.1) is 0 Å². The fourth-order valence-corrected chi connectivity index (χ4v) is 5.28. The third-order valence-electron chi connectivity index (χ3n) is 5.93. The number of hydrogen-bond acceptors (Lipinski definition) is 5. The van der Waals surface area contributed by atoms with Crippen molar-refractivity contribution in [2.75, 3.05) is 24.5 Å². The Balaban J connectivity index is 2.02. The number of nitrogens with zero attached hydrogens (tertiary/aromatic N) is 2. The molecule has 0 saturated carbocycles. The Morgan fingerprint density at radius 3 is 2.34 bits per heavy atom. The Labute approximate surface area is 223 Å². The van der Waals surface area contributed by atoms with Gasteiger partial charge >= 0.3 is 0 Å². The van der Waals surface area contributed by atoms with Crippen LogP contribution in [0.5, 0.6) is 5.75 Å². The lowest BCUT2D eigenvalue weighted by Gasteiger charge is -2.32. The highest BCUT2D eigenvalue weighted by Crippen LogP contribution is 2.27. The Hall–Kier alpha value is -3.92. The van der Waals surface area contributed by atoms with Gasteiger partial charge in [-0.25, -0.2) is 12.8 Å². The number of methoxy groups -OCH3 is 1. The molecule has 1 N–H and O–H groups in total. The van der Waals surface area contributed by atoms with E-state index in [0.717, 1.165) is 10.4 Å². The summed E-state index contributed by atoms with van der Waals surface area (Å²) in [5.41, 5.74) is 0.408. The van der Waals surface area contributed by atoms with Crippen LogP contribution in [0.25, 0.3) is 0 Å². The molecule has 3 aromatic rings. The van der Waals surface area contributed by atoms with E-state index >= 15 is 0 Å². The van der Waals surface area contributed by atoms with Crippen molar-refractivity contribution in [3.8, 4) is 5.75 Å². The molecule has 0 spiro atoms. The maximum absolute atomic E-state index is 14.9. The van der Waals surface area contributed by atoms with Gasteiger partial charge in [0, 0.05) is 13.1 Å². The average molecular weight is 542 g/mol. The summed E-state index contributed by atoms with van der Waals surface area (Å²) in [7, 11) is -2.81. The number of benzene rings is 3. The van der Waals surface area contributed by atoms with E-state index in [1.54, 1.807) is 49.4 Å². The second kappa shape index (κ2) is 13.0. The van der Waals surface area contributed by atoms with Crippen molar-refractivity contribution < 1.29 is 27.1 Å². The molecule has 8 nitrogen and oxygen atoms in total. The number of para-hydroxylation sites is 1. The molecule has 0 bridgehead atoms. The molecule has 3 aromatic carbocycles. The molecule has 0 aliphatic rings. The van der Waals surface area contributed by atoms with Gasteiger partial charge < -0.3 is 15.0 Å². The summed E-state index contributed by atoms with van der Waals surface area (Å²) < 4.78 is 48.2. The largest absolute Gasteiger partial charge is 0.497 e. The molecule has 0 fully saturated rings. The third-order valence-corrected chi connectivity index (χ3v) is 7.71. The summed E-state index contributed by atoms with van der Waals surface area (Å²) >= 11 is 0. The van der Waals surface area contributed by atoms with Crippen LogP contribution in [-0.4, -0.2) is 51.4 Å². The number of ether oxygens (including phenoxy) is 1. The van der Waals surface area contributed by atoms with Crippen LogP contribution in [0.1, 0.15) is 25.8 Å². The lowest BCUT2D eigenvalue weighted by Crippen LogP contribution is -2.51. The second-order valence-corrected chi connectivity index (χ2v) is 10.5. The summed E-state index contributed by atoms with van der Waals surface area (Å²) in [6.07, 6.45) is 0.707. The fourth-order valence-electron chi connectivity index (χ4n) is 3.83. The van der Waals surface area contributed by atoms with Crippen molar-refractivity contribution in [1.82, 2.24) is 10.2 Å². The smallest absolute Gasteiger partial charge is 0.264 e. The van der Waals surface area contributed by atoms with Crippen LogP contribution in [-0.2, 0) is 26.2 Å². The summed E-state index contributed by atoms with van der Waals surface area (Å²) in [5, 5.41) is 2.78. The summed E-state index contributed by atoms with van der Waals surface area (Å²) in [5.74, 6) is -1.29. The van der Waals surface area contributed by atoms with Crippen LogP contribution >= 0.6 is 0 Å². The predicted molar refractivity (Wildman–Crippen MR) is 144 cm³/mol. The molecular weight excluding hydrogens is 509 g/mol. The van der Waals surface area contributed by atoms with Crippen LogP contribution < -0.4 is 14.4 Å². The van der Waals surface area contributed by atoms with Crippen LogP contribution in [0.3, 0.4) is 0 Å². The van der Waals surface area contributed by atoms with Crippen molar-refractivity contribution in [2.45, 2.75) is 37.8 Å². The van der Waals surface area contributed by atoms with E-state index in [4.69, 9.17) is 4.74 Å². The number of anilines is 1. The van der Waals surface area contributed by atoms with Crippen molar-refractivity contribution in [2.24, 2.45) is 0 Å². The Morgan fingerprint density at radius 1 is 1.00 bits per heavy atom. The standard InChI is InChI=1S/C28H32FN3O5S/c1-4-17-30-28(34)21(2)31(19-22-11-10-12-23(18-22)37-3)27(33)20-32(26-16-9-8-15-25(26)29)38(35,36)24-13-6-5-7-14-24/h5-16,18,21H,4,17,19-20H2,1-3H3,(H,30,34)/t21-/m0/s1. The first-order valence-electron chi connectivity index (χ1n) is 12.2. The molecule has 0 aromatic heterocycles. The number of carbonyl (C=O) groups excluding carboxylic acids is 2. The highest BCUT2D eigenvalue weighted by Gasteiger charge is 2.33. The number of carbonyl (C=O) groups is 2. The highest BCUT2D eigenvalue weighted by atomic mass is 32.2. The molecule has 2 amide bonds. The minimum atomic E-state index is -4.32. The Morgan fingerprint density at radius 2 is 1.68 bits per heavy atom. The Kier molecular flexibility index (Phi) is 9.84. The van der Waals surface area contributed by atoms with E-state index in [0.29, 0.717) is 24.3 Å². The molecule has 0 unspecified atom stereocenters.